The van der Waals surface area contributed by atoms with Gasteiger partial charge in [-0.05, 0) is 25.8 Å². The summed E-state index contributed by atoms with van der Waals surface area (Å²) in [6.07, 6.45) is 3.15. The van der Waals surface area contributed by atoms with Crippen LogP contribution in [0.25, 0.3) is 0 Å². The number of hydrogen-bond acceptors (Lipinski definition) is 6. The fourth-order valence-electron chi connectivity index (χ4n) is 2.74. The normalized spacial score (nSPS) is 18.0. The number of carbonyl (C=O) groups excluding carboxylic acids is 1. The van der Waals surface area contributed by atoms with Crippen LogP contribution in [-0.4, -0.2) is 40.3 Å². The zero-order valence-electron chi connectivity index (χ0n) is 13.0. The molecule has 3 heterocycles. The third kappa shape index (κ3) is 3.68. The van der Waals surface area contributed by atoms with Gasteiger partial charge in [-0.25, -0.2) is 4.98 Å². The number of aliphatic hydroxyl groups is 1. The van der Waals surface area contributed by atoms with Crippen LogP contribution < -0.4 is 10.2 Å². The van der Waals surface area contributed by atoms with E-state index in [4.69, 9.17) is 4.52 Å². The number of aliphatic hydroxyl groups excluding tert-OH is 1. The molecule has 7 nitrogen and oxygen atoms in total. The number of aromatic nitrogens is 2. The van der Waals surface area contributed by atoms with E-state index in [1.54, 1.807) is 19.2 Å². The molecule has 0 aromatic carbocycles. The van der Waals surface area contributed by atoms with Crippen molar-refractivity contribution in [1.82, 2.24) is 15.5 Å². The van der Waals surface area contributed by atoms with Crippen molar-refractivity contribution < 1.29 is 14.4 Å². The van der Waals surface area contributed by atoms with Crippen LogP contribution in [-0.2, 0) is 6.54 Å². The topological polar surface area (TPSA) is 91.5 Å². The summed E-state index contributed by atoms with van der Waals surface area (Å²) < 4.78 is 4.91. The van der Waals surface area contributed by atoms with Gasteiger partial charge >= 0.3 is 0 Å². The van der Waals surface area contributed by atoms with Crippen LogP contribution in [0.3, 0.4) is 0 Å². The second kappa shape index (κ2) is 6.78. The van der Waals surface area contributed by atoms with Crippen molar-refractivity contribution in [3.05, 3.63) is 41.4 Å². The Labute approximate surface area is 134 Å². The summed E-state index contributed by atoms with van der Waals surface area (Å²) in [5, 5.41) is 16.4. The molecule has 2 aromatic heterocycles. The summed E-state index contributed by atoms with van der Waals surface area (Å²) in [4.78, 5) is 18.5. The average molecular weight is 316 g/mol. The number of β-amino-alcohol motifs (C(OH)–C–C–N with tert-alkyl or cyclic N) is 1. The van der Waals surface area contributed by atoms with Crippen molar-refractivity contribution in [3.63, 3.8) is 0 Å². The van der Waals surface area contributed by atoms with Crippen molar-refractivity contribution in [2.75, 3.05) is 18.0 Å². The minimum Gasteiger partial charge on any atom is -0.391 e. The number of piperidine rings is 1. The Kier molecular flexibility index (Phi) is 4.57. The number of amides is 1. The van der Waals surface area contributed by atoms with E-state index in [0.717, 1.165) is 30.8 Å². The molecule has 1 fully saturated rings. The van der Waals surface area contributed by atoms with Gasteiger partial charge in [0.2, 0.25) is 0 Å². The monoisotopic (exact) mass is 316 g/mol. The Balaban J connectivity index is 1.69. The van der Waals surface area contributed by atoms with Gasteiger partial charge in [0, 0.05) is 37.5 Å². The molecule has 2 N–H and O–H groups in total. The summed E-state index contributed by atoms with van der Waals surface area (Å²) >= 11 is 0. The van der Waals surface area contributed by atoms with Crippen molar-refractivity contribution in [2.45, 2.75) is 32.4 Å². The second-order valence-electron chi connectivity index (χ2n) is 5.73. The summed E-state index contributed by atoms with van der Waals surface area (Å²) in [5.74, 6) is 1.12. The minimum absolute atomic E-state index is 0.265. The molecule has 0 bridgehead atoms. The fourth-order valence-corrected chi connectivity index (χ4v) is 2.74. The van der Waals surface area contributed by atoms with E-state index >= 15 is 0 Å². The van der Waals surface area contributed by atoms with Gasteiger partial charge in [0.05, 0.1) is 6.10 Å². The lowest BCUT2D eigenvalue weighted by Gasteiger charge is -2.32. The molecule has 122 valence electrons. The molecule has 2 aromatic rings. The maximum absolute atomic E-state index is 12.1. The number of hydrogen-bond donors (Lipinski definition) is 2. The first kappa shape index (κ1) is 15.5. The average Bonchev–Trinajstić information content (AvgIpc) is 2.99. The van der Waals surface area contributed by atoms with Gasteiger partial charge in [-0.15, -0.1) is 0 Å². The van der Waals surface area contributed by atoms with Gasteiger partial charge in [-0.2, -0.15) is 0 Å². The highest BCUT2D eigenvalue weighted by Gasteiger charge is 2.21. The van der Waals surface area contributed by atoms with Gasteiger partial charge in [-0.3, -0.25) is 4.79 Å². The summed E-state index contributed by atoms with van der Waals surface area (Å²) in [6, 6.07) is 5.36. The number of nitrogens with one attached hydrogen (secondary N) is 1. The van der Waals surface area contributed by atoms with Gasteiger partial charge in [-0.1, -0.05) is 11.2 Å². The molecule has 1 saturated heterocycles. The highest BCUT2D eigenvalue weighted by Crippen LogP contribution is 2.21. The van der Waals surface area contributed by atoms with Crippen LogP contribution >= 0.6 is 0 Å². The number of anilines is 1. The Morgan fingerprint density at radius 3 is 3.17 bits per heavy atom. The minimum atomic E-state index is -0.327. The number of pyridine rings is 1. The molecular formula is C16H20N4O3. The van der Waals surface area contributed by atoms with E-state index < -0.39 is 0 Å². The van der Waals surface area contributed by atoms with E-state index in [9.17, 15) is 9.90 Å². The summed E-state index contributed by atoms with van der Waals surface area (Å²) in [6.45, 7) is 3.52. The van der Waals surface area contributed by atoms with Gasteiger partial charge in [0.15, 0.2) is 5.69 Å². The predicted molar refractivity (Wildman–Crippen MR) is 84.1 cm³/mol. The lowest BCUT2D eigenvalue weighted by atomic mass is 10.1. The Hall–Kier alpha value is -2.41. The van der Waals surface area contributed by atoms with Crippen LogP contribution in [0.5, 0.6) is 0 Å². The third-order valence-corrected chi connectivity index (χ3v) is 3.86. The fraction of sp³-hybridized carbons (Fsp3) is 0.438. The molecule has 0 saturated carbocycles. The van der Waals surface area contributed by atoms with Crippen molar-refractivity contribution in [3.8, 4) is 0 Å². The van der Waals surface area contributed by atoms with Crippen molar-refractivity contribution in [2.24, 2.45) is 0 Å². The van der Waals surface area contributed by atoms with Crippen molar-refractivity contribution >= 4 is 11.7 Å². The Morgan fingerprint density at radius 2 is 2.43 bits per heavy atom. The molecule has 0 aliphatic carbocycles. The molecule has 23 heavy (non-hydrogen) atoms. The maximum Gasteiger partial charge on any atom is 0.273 e. The largest absolute Gasteiger partial charge is 0.391 e. The van der Waals surface area contributed by atoms with Gasteiger partial charge in [0.25, 0.3) is 5.91 Å². The van der Waals surface area contributed by atoms with Crippen LogP contribution in [0, 0.1) is 6.92 Å². The molecule has 1 amide bonds. The molecule has 3 rings (SSSR count). The van der Waals surface area contributed by atoms with E-state index in [-0.39, 0.29) is 17.7 Å². The van der Waals surface area contributed by atoms with Crippen molar-refractivity contribution in [1.29, 1.82) is 0 Å². The maximum atomic E-state index is 12.1. The van der Waals surface area contributed by atoms with E-state index in [2.05, 4.69) is 20.4 Å². The summed E-state index contributed by atoms with van der Waals surface area (Å²) in [7, 11) is 0. The molecule has 1 aliphatic rings. The highest BCUT2D eigenvalue weighted by molar-refractivity contribution is 5.92. The highest BCUT2D eigenvalue weighted by atomic mass is 16.5. The van der Waals surface area contributed by atoms with Crippen LogP contribution in [0.2, 0.25) is 0 Å². The molecular weight excluding hydrogens is 296 g/mol. The number of rotatable bonds is 4. The van der Waals surface area contributed by atoms with Crippen LogP contribution in [0.15, 0.2) is 28.9 Å². The smallest absolute Gasteiger partial charge is 0.273 e. The van der Waals surface area contributed by atoms with E-state index in [1.165, 1.54) is 0 Å². The summed E-state index contributed by atoms with van der Waals surface area (Å²) in [5.41, 5.74) is 1.18. The Morgan fingerprint density at radius 1 is 1.57 bits per heavy atom. The van der Waals surface area contributed by atoms with E-state index in [1.807, 2.05) is 12.1 Å². The van der Waals surface area contributed by atoms with Crippen LogP contribution in [0.1, 0.15) is 34.7 Å². The SMILES string of the molecule is Cc1cc(C(=O)NCc2cccnc2N2CCC[C@H](O)C2)no1. The Bertz CT molecular complexity index is 685. The number of aryl methyl sites for hydroxylation is 1. The lowest BCUT2D eigenvalue weighted by molar-refractivity contribution is 0.0941. The number of carbonyl (C=O) groups is 1. The quantitative estimate of drug-likeness (QED) is 0.882. The zero-order chi connectivity index (χ0) is 16.2. The predicted octanol–water partition coefficient (Wildman–Crippen LogP) is 1.27. The molecule has 0 radical (unpaired) electrons. The molecule has 0 unspecified atom stereocenters. The van der Waals surface area contributed by atoms with Crippen LogP contribution in [0.4, 0.5) is 5.82 Å². The molecule has 7 heteroatoms. The first-order chi connectivity index (χ1) is 11.1. The molecule has 1 atom stereocenters. The van der Waals surface area contributed by atoms with Gasteiger partial charge < -0.3 is 19.8 Å². The first-order valence-corrected chi connectivity index (χ1v) is 7.72. The lowest BCUT2D eigenvalue weighted by Crippen LogP contribution is -2.39. The first-order valence-electron chi connectivity index (χ1n) is 7.72. The van der Waals surface area contributed by atoms with E-state index in [0.29, 0.717) is 18.8 Å². The number of nitrogens with zero attached hydrogens (tertiary/aromatic N) is 3. The molecule has 1 aliphatic heterocycles. The molecule has 0 spiro atoms. The second-order valence-corrected chi connectivity index (χ2v) is 5.73. The van der Waals surface area contributed by atoms with Gasteiger partial charge in [0.1, 0.15) is 11.6 Å². The zero-order valence-corrected chi connectivity index (χ0v) is 13.0. The standard InChI is InChI=1S/C16H20N4O3/c1-11-8-14(19-23-11)16(22)18-9-12-4-2-6-17-15(12)20-7-3-5-13(21)10-20/h2,4,6,8,13,21H,3,5,7,9-10H2,1H3,(H,18,22)/t13-/m0/s1. The third-order valence-electron chi connectivity index (χ3n) is 3.86.